The molecule has 196 valence electrons. The maximum Gasteiger partial charge on any atom is 0.411 e. The smallest absolute Gasteiger partial charge is 0.411 e. The molecule has 0 unspecified atom stereocenters. The highest BCUT2D eigenvalue weighted by Gasteiger charge is 2.23. The van der Waals surface area contributed by atoms with Crippen molar-refractivity contribution in [1.29, 1.82) is 0 Å². The predicted molar refractivity (Wildman–Crippen MR) is 147 cm³/mol. The molecule has 1 aliphatic rings. The summed E-state index contributed by atoms with van der Waals surface area (Å²) in [5.74, 6) is -0.0111. The van der Waals surface area contributed by atoms with Crippen LogP contribution in [0.15, 0.2) is 78.9 Å². The number of ether oxygens (including phenoxy) is 2. The van der Waals surface area contributed by atoms with Crippen molar-refractivity contribution in [2.24, 2.45) is 0 Å². The molecule has 2 N–H and O–H groups in total. The Labute approximate surface area is 223 Å². The van der Waals surface area contributed by atoms with Crippen LogP contribution in [-0.4, -0.2) is 54.4 Å². The highest BCUT2D eigenvalue weighted by atomic mass is 35.5. The Hall–Kier alpha value is -3.55. The van der Waals surface area contributed by atoms with Crippen molar-refractivity contribution in [3.8, 4) is 16.9 Å². The maximum atomic E-state index is 12.7. The number of carbonyl (C=O) groups is 2. The molecular formula is C29H33ClN2O5. The molecule has 7 nitrogen and oxygen atoms in total. The fraction of sp³-hybridized carbons (Fsp3) is 0.310. The topological polar surface area (TPSA) is 88.1 Å². The summed E-state index contributed by atoms with van der Waals surface area (Å²) in [6.45, 7) is 3.12. The van der Waals surface area contributed by atoms with Gasteiger partial charge in [0.1, 0.15) is 18.5 Å². The first-order valence-electron chi connectivity index (χ1n) is 12.3. The summed E-state index contributed by atoms with van der Waals surface area (Å²) < 4.78 is 11.5. The van der Waals surface area contributed by atoms with E-state index in [9.17, 15) is 9.59 Å². The highest BCUT2D eigenvalue weighted by Crippen LogP contribution is 2.27. The van der Waals surface area contributed by atoms with E-state index in [0.29, 0.717) is 18.7 Å². The van der Waals surface area contributed by atoms with Crippen LogP contribution >= 0.6 is 12.4 Å². The number of aryl methyl sites for hydroxylation is 1. The van der Waals surface area contributed by atoms with E-state index in [4.69, 9.17) is 14.6 Å². The Balaban J connectivity index is 0.00000380. The molecule has 0 aliphatic carbocycles. The number of nitrogens with one attached hydrogen (secondary N) is 1. The van der Waals surface area contributed by atoms with Crippen LogP contribution in [0.4, 0.5) is 10.5 Å². The van der Waals surface area contributed by atoms with Gasteiger partial charge < -0.3 is 14.6 Å². The number of benzene rings is 3. The minimum Gasteiger partial charge on any atom is -0.492 e. The molecule has 0 bridgehead atoms. The first-order valence-corrected chi connectivity index (χ1v) is 12.3. The Morgan fingerprint density at radius 1 is 0.919 bits per heavy atom. The first-order chi connectivity index (χ1) is 17.6. The molecule has 0 aromatic heterocycles. The lowest BCUT2D eigenvalue weighted by Crippen LogP contribution is -2.40. The zero-order valence-electron chi connectivity index (χ0n) is 20.7. The standard InChI is InChI=1S/C29H32N2O5.ClH/c32-28(33)14-13-23-11-12-24(22-7-3-1-4-8-22)21-27(23)30-29(34)36-26-15-17-31(18-16-26)19-20-35-25-9-5-2-6-10-25;/h1-12,21,26H,13-20H2,(H,30,34)(H,32,33);1H. The van der Waals surface area contributed by atoms with Gasteiger partial charge in [-0.25, -0.2) is 4.79 Å². The van der Waals surface area contributed by atoms with Crippen molar-refractivity contribution in [3.05, 3.63) is 84.4 Å². The molecular weight excluding hydrogens is 492 g/mol. The zero-order valence-corrected chi connectivity index (χ0v) is 21.5. The molecule has 37 heavy (non-hydrogen) atoms. The number of piperidine rings is 1. The number of hydrogen-bond acceptors (Lipinski definition) is 5. The van der Waals surface area contributed by atoms with Crippen molar-refractivity contribution in [1.82, 2.24) is 4.90 Å². The van der Waals surface area contributed by atoms with E-state index in [1.807, 2.05) is 78.9 Å². The van der Waals surface area contributed by atoms with Gasteiger partial charge in [-0.1, -0.05) is 60.7 Å². The fourth-order valence-electron chi connectivity index (χ4n) is 4.31. The molecule has 0 saturated carbocycles. The number of rotatable bonds is 10. The molecule has 4 rings (SSSR count). The summed E-state index contributed by atoms with van der Waals surface area (Å²) in [4.78, 5) is 26.2. The lowest BCUT2D eigenvalue weighted by molar-refractivity contribution is -0.136. The zero-order chi connectivity index (χ0) is 25.2. The van der Waals surface area contributed by atoms with Crippen LogP contribution in [0.25, 0.3) is 11.1 Å². The minimum atomic E-state index is -0.878. The second-order valence-corrected chi connectivity index (χ2v) is 8.86. The second kappa shape index (κ2) is 14.3. The van der Waals surface area contributed by atoms with Crippen LogP contribution in [0, 0.1) is 0 Å². The molecule has 8 heteroatoms. The quantitative estimate of drug-likeness (QED) is 0.344. The maximum absolute atomic E-state index is 12.7. The number of aliphatic carboxylic acids is 1. The lowest BCUT2D eigenvalue weighted by Gasteiger charge is -2.31. The van der Waals surface area contributed by atoms with Crippen LogP contribution in [0.5, 0.6) is 5.75 Å². The molecule has 3 aromatic carbocycles. The van der Waals surface area contributed by atoms with Gasteiger partial charge in [0, 0.05) is 31.7 Å². The van der Waals surface area contributed by atoms with E-state index in [1.54, 1.807) is 0 Å². The number of anilines is 1. The van der Waals surface area contributed by atoms with Crippen molar-refractivity contribution in [2.75, 3.05) is 31.6 Å². The molecule has 1 fully saturated rings. The van der Waals surface area contributed by atoms with Crippen LogP contribution in [0.3, 0.4) is 0 Å². The van der Waals surface area contributed by atoms with Crippen LogP contribution in [-0.2, 0) is 16.0 Å². The van der Waals surface area contributed by atoms with Crippen molar-refractivity contribution in [3.63, 3.8) is 0 Å². The first kappa shape index (κ1) is 28.0. The Morgan fingerprint density at radius 2 is 1.59 bits per heavy atom. The van der Waals surface area contributed by atoms with Crippen LogP contribution in [0.1, 0.15) is 24.8 Å². The van der Waals surface area contributed by atoms with Gasteiger partial charge in [0.05, 0.1) is 0 Å². The molecule has 1 aliphatic heterocycles. The number of carboxylic acids is 1. The average molecular weight is 525 g/mol. The van der Waals surface area contributed by atoms with Gasteiger partial charge in [-0.15, -0.1) is 12.4 Å². The number of carbonyl (C=O) groups excluding carboxylic acids is 1. The summed E-state index contributed by atoms with van der Waals surface area (Å²) in [7, 11) is 0. The molecule has 1 heterocycles. The Kier molecular flexibility index (Phi) is 10.8. The van der Waals surface area contributed by atoms with E-state index in [2.05, 4.69) is 10.2 Å². The summed E-state index contributed by atoms with van der Waals surface area (Å²) in [6.07, 6.45) is 1.16. The van der Waals surface area contributed by atoms with Crippen LogP contribution in [0.2, 0.25) is 0 Å². The molecule has 0 radical (unpaired) electrons. The summed E-state index contributed by atoms with van der Waals surface area (Å²) in [5.41, 5.74) is 3.30. The third-order valence-corrected chi connectivity index (χ3v) is 6.29. The van der Waals surface area contributed by atoms with Gasteiger partial charge in [0.2, 0.25) is 0 Å². The molecule has 3 aromatic rings. The molecule has 0 atom stereocenters. The number of nitrogens with zero attached hydrogens (tertiary/aromatic N) is 1. The van der Waals surface area contributed by atoms with Gasteiger partial charge in [-0.2, -0.15) is 0 Å². The molecule has 1 amide bonds. The highest BCUT2D eigenvalue weighted by molar-refractivity contribution is 5.87. The number of hydrogen-bond donors (Lipinski definition) is 2. The predicted octanol–water partition coefficient (Wildman–Crippen LogP) is 5.88. The van der Waals surface area contributed by atoms with E-state index in [-0.39, 0.29) is 24.9 Å². The Bertz CT molecular complexity index is 1140. The number of carboxylic acid groups (broad SMARTS) is 1. The van der Waals surface area contributed by atoms with E-state index >= 15 is 0 Å². The minimum absolute atomic E-state index is 0. The van der Waals surface area contributed by atoms with Crippen molar-refractivity contribution < 1.29 is 24.2 Å². The number of amides is 1. The lowest BCUT2D eigenvalue weighted by atomic mass is 10.00. The van der Waals surface area contributed by atoms with Gasteiger partial charge in [-0.3, -0.25) is 15.0 Å². The molecule has 1 saturated heterocycles. The average Bonchev–Trinajstić information content (AvgIpc) is 2.90. The number of para-hydroxylation sites is 1. The van der Waals surface area contributed by atoms with E-state index < -0.39 is 12.1 Å². The number of likely N-dealkylation sites (tertiary alicyclic amines) is 1. The Morgan fingerprint density at radius 3 is 2.27 bits per heavy atom. The summed E-state index contributed by atoms with van der Waals surface area (Å²) in [5, 5.41) is 12.0. The van der Waals surface area contributed by atoms with E-state index in [0.717, 1.165) is 54.9 Å². The SMILES string of the molecule is Cl.O=C(O)CCc1ccc(-c2ccccc2)cc1NC(=O)OC1CCN(CCOc2ccccc2)CC1. The monoisotopic (exact) mass is 524 g/mol. The second-order valence-electron chi connectivity index (χ2n) is 8.86. The van der Waals surface area contributed by atoms with Gasteiger partial charge in [-0.05, 0) is 54.2 Å². The summed E-state index contributed by atoms with van der Waals surface area (Å²) in [6, 6.07) is 25.3. The van der Waals surface area contributed by atoms with Gasteiger partial charge in [0.25, 0.3) is 0 Å². The van der Waals surface area contributed by atoms with E-state index in [1.165, 1.54) is 0 Å². The molecule has 0 spiro atoms. The summed E-state index contributed by atoms with van der Waals surface area (Å²) >= 11 is 0. The number of halogens is 1. The van der Waals surface area contributed by atoms with Crippen molar-refractivity contribution >= 4 is 30.2 Å². The third-order valence-electron chi connectivity index (χ3n) is 6.29. The normalized spacial score (nSPS) is 13.8. The van der Waals surface area contributed by atoms with Crippen molar-refractivity contribution in [2.45, 2.75) is 31.8 Å². The third kappa shape index (κ3) is 8.81. The van der Waals surface area contributed by atoms with Crippen LogP contribution < -0.4 is 10.1 Å². The van der Waals surface area contributed by atoms with Gasteiger partial charge >= 0.3 is 12.1 Å². The van der Waals surface area contributed by atoms with Gasteiger partial charge in [0.15, 0.2) is 0 Å². The fourth-order valence-corrected chi connectivity index (χ4v) is 4.31. The largest absolute Gasteiger partial charge is 0.492 e.